The monoisotopic (exact) mass is 305 g/mol. The van der Waals surface area contributed by atoms with Crippen LogP contribution < -0.4 is 14.2 Å². The largest absolute Gasteiger partial charge is 0.493 e. The summed E-state index contributed by atoms with van der Waals surface area (Å²) in [7, 11) is 0. The lowest BCUT2D eigenvalue weighted by Gasteiger charge is -2.07. The number of rotatable bonds is 8. The van der Waals surface area contributed by atoms with Crippen LogP contribution in [0.15, 0.2) is 28.8 Å². The van der Waals surface area contributed by atoms with Gasteiger partial charge in [-0.3, -0.25) is 0 Å². The summed E-state index contributed by atoms with van der Waals surface area (Å²) in [5, 5.41) is 3.83. The fourth-order valence-electron chi connectivity index (χ4n) is 2.13. The molecule has 0 N–H and O–H groups in total. The molecule has 3 rings (SSSR count). The van der Waals surface area contributed by atoms with E-state index in [0.717, 1.165) is 41.5 Å². The Labute approximate surface area is 128 Å². The van der Waals surface area contributed by atoms with Crippen molar-refractivity contribution in [1.82, 2.24) is 5.16 Å². The Kier molecular flexibility index (Phi) is 4.80. The average Bonchev–Trinajstić information content (AvgIpc) is 3.14. The van der Waals surface area contributed by atoms with E-state index in [2.05, 4.69) is 5.16 Å². The molecular formula is C16H19NO5. The van der Waals surface area contributed by atoms with Crippen LogP contribution in [0.25, 0.3) is 0 Å². The van der Waals surface area contributed by atoms with Crippen molar-refractivity contribution in [1.29, 1.82) is 0 Å². The van der Waals surface area contributed by atoms with Crippen molar-refractivity contribution in [2.75, 3.05) is 26.6 Å². The molecule has 6 nitrogen and oxygen atoms in total. The highest BCUT2D eigenvalue weighted by Crippen LogP contribution is 2.35. The van der Waals surface area contributed by atoms with Crippen molar-refractivity contribution in [2.45, 2.75) is 19.8 Å². The minimum atomic E-state index is 0.275. The van der Waals surface area contributed by atoms with Crippen LogP contribution in [0.5, 0.6) is 17.2 Å². The Morgan fingerprint density at radius 2 is 2.00 bits per heavy atom. The molecule has 1 aliphatic heterocycles. The first-order valence-corrected chi connectivity index (χ1v) is 7.33. The van der Waals surface area contributed by atoms with Crippen molar-refractivity contribution in [3.63, 3.8) is 0 Å². The molecule has 22 heavy (non-hydrogen) atoms. The first-order valence-electron chi connectivity index (χ1n) is 7.33. The number of hydrogen-bond acceptors (Lipinski definition) is 6. The van der Waals surface area contributed by atoms with Gasteiger partial charge in [0.2, 0.25) is 6.79 Å². The number of aryl methyl sites for hydroxylation is 1. The summed E-state index contributed by atoms with van der Waals surface area (Å²) in [6.07, 6.45) is 1.56. The zero-order valence-corrected chi connectivity index (χ0v) is 12.5. The third-order valence-electron chi connectivity index (χ3n) is 3.22. The van der Waals surface area contributed by atoms with Crippen LogP contribution >= 0.6 is 0 Å². The van der Waals surface area contributed by atoms with Crippen molar-refractivity contribution >= 4 is 0 Å². The fraction of sp³-hybridized carbons (Fsp3) is 0.438. The summed E-state index contributed by atoms with van der Waals surface area (Å²) >= 11 is 0. The number of benzene rings is 1. The predicted molar refractivity (Wildman–Crippen MR) is 78.4 cm³/mol. The molecule has 0 bridgehead atoms. The van der Waals surface area contributed by atoms with E-state index >= 15 is 0 Å². The molecule has 0 unspecified atom stereocenters. The van der Waals surface area contributed by atoms with Gasteiger partial charge >= 0.3 is 0 Å². The number of nitrogens with zero attached hydrogens (tertiary/aromatic N) is 1. The molecule has 2 aromatic rings. The lowest BCUT2D eigenvalue weighted by atomic mass is 10.3. The lowest BCUT2D eigenvalue weighted by Crippen LogP contribution is -2.05. The van der Waals surface area contributed by atoms with Gasteiger partial charge in [0.1, 0.15) is 11.5 Å². The molecule has 6 heteroatoms. The fourth-order valence-corrected chi connectivity index (χ4v) is 2.13. The van der Waals surface area contributed by atoms with E-state index in [4.69, 9.17) is 23.5 Å². The van der Waals surface area contributed by atoms with Gasteiger partial charge in [-0.1, -0.05) is 5.16 Å². The molecule has 1 aliphatic rings. The van der Waals surface area contributed by atoms with E-state index < -0.39 is 0 Å². The smallest absolute Gasteiger partial charge is 0.231 e. The molecule has 1 aromatic heterocycles. The van der Waals surface area contributed by atoms with Crippen LogP contribution in [0.1, 0.15) is 17.9 Å². The SMILES string of the molecule is Cc1cc(CCOCCCOc2ccc3c(c2)OCO3)on1. The Hall–Kier alpha value is -2.21. The van der Waals surface area contributed by atoms with E-state index in [-0.39, 0.29) is 6.79 Å². The molecule has 0 fully saturated rings. The number of fused-ring (bicyclic) bond motifs is 1. The van der Waals surface area contributed by atoms with Crippen molar-refractivity contribution in [3.8, 4) is 17.2 Å². The zero-order valence-electron chi connectivity index (χ0n) is 12.5. The topological polar surface area (TPSA) is 63.0 Å². The summed E-state index contributed by atoms with van der Waals surface area (Å²) in [5.74, 6) is 3.13. The van der Waals surface area contributed by atoms with Gasteiger partial charge in [0.25, 0.3) is 0 Å². The average molecular weight is 305 g/mol. The summed E-state index contributed by atoms with van der Waals surface area (Å²) < 4.78 is 26.9. The molecule has 0 saturated heterocycles. The van der Waals surface area contributed by atoms with Gasteiger partial charge in [-0.2, -0.15) is 0 Å². The summed E-state index contributed by atoms with van der Waals surface area (Å²) in [4.78, 5) is 0. The molecule has 2 heterocycles. The van der Waals surface area contributed by atoms with Crippen LogP contribution in [-0.2, 0) is 11.2 Å². The molecule has 0 spiro atoms. The summed E-state index contributed by atoms with van der Waals surface area (Å²) in [5.41, 5.74) is 0.895. The van der Waals surface area contributed by atoms with Crippen LogP contribution in [0, 0.1) is 6.92 Å². The van der Waals surface area contributed by atoms with E-state index in [1.165, 1.54) is 0 Å². The summed E-state index contributed by atoms with van der Waals surface area (Å²) in [6.45, 7) is 4.05. The first-order chi connectivity index (χ1) is 10.8. The van der Waals surface area contributed by atoms with Crippen LogP contribution in [0.2, 0.25) is 0 Å². The van der Waals surface area contributed by atoms with Crippen molar-refractivity contribution in [2.24, 2.45) is 0 Å². The van der Waals surface area contributed by atoms with Crippen molar-refractivity contribution < 1.29 is 23.5 Å². The molecule has 0 saturated carbocycles. The second-order valence-corrected chi connectivity index (χ2v) is 5.01. The van der Waals surface area contributed by atoms with Crippen molar-refractivity contribution in [3.05, 3.63) is 35.7 Å². The second kappa shape index (κ2) is 7.17. The highest BCUT2D eigenvalue weighted by atomic mass is 16.7. The maximum atomic E-state index is 5.66. The van der Waals surface area contributed by atoms with Gasteiger partial charge in [0.05, 0.1) is 18.9 Å². The number of ether oxygens (including phenoxy) is 4. The van der Waals surface area contributed by atoms with Gasteiger partial charge in [-0.05, 0) is 19.1 Å². The minimum Gasteiger partial charge on any atom is -0.493 e. The van der Waals surface area contributed by atoms with Gasteiger partial charge in [0.15, 0.2) is 11.5 Å². The van der Waals surface area contributed by atoms with E-state index in [1.54, 1.807) is 0 Å². The Balaban J connectivity index is 1.28. The molecule has 0 radical (unpaired) electrons. The molecule has 118 valence electrons. The quantitative estimate of drug-likeness (QED) is 0.699. The molecule has 0 atom stereocenters. The Bertz CT molecular complexity index is 610. The highest BCUT2D eigenvalue weighted by Gasteiger charge is 2.13. The number of hydrogen-bond donors (Lipinski definition) is 0. The lowest BCUT2D eigenvalue weighted by molar-refractivity contribution is 0.118. The van der Waals surface area contributed by atoms with E-state index in [9.17, 15) is 0 Å². The molecule has 0 amide bonds. The predicted octanol–water partition coefficient (Wildman–Crippen LogP) is 2.74. The van der Waals surface area contributed by atoms with Crippen LogP contribution in [-0.4, -0.2) is 31.8 Å². The van der Waals surface area contributed by atoms with Gasteiger partial charge < -0.3 is 23.5 Å². The van der Waals surface area contributed by atoms with Gasteiger partial charge in [-0.25, -0.2) is 0 Å². The summed E-state index contributed by atoms with van der Waals surface area (Å²) in [6, 6.07) is 7.50. The third-order valence-corrected chi connectivity index (χ3v) is 3.22. The van der Waals surface area contributed by atoms with Gasteiger partial charge in [0, 0.05) is 31.6 Å². The maximum absolute atomic E-state index is 5.66. The molecular weight excluding hydrogens is 286 g/mol. The van der Waals surface area contributed by atoms with Crippen LogP contribution in [0.4, 0.5) is 0 Å². The second-order valence-electron chi connectivity index (χ2n) is 5.01. The minimum absolute atomic E-state index is 0.275. The first kappa shape index (κ1) is 14.7. The number of aromatic nitrogens is 1. The highest BCUT2D eigenvalue weighted by molar-refractivity contribution is 5.46. The third kappa shape index (κ3) is 3.92. The standard InChI is InChI=1S/C16H19NO5/c1-12-9-14(22-17-12)5-8-18-6-2-7-19-13-3-4-15-16(10-13)21-11-20-15/h3-4,9-10H,2,5-8,11H2,1H3. The van der Waals surface area contributed by atoms with Crippen LogP contribution in [0.3, 0.4) is 0 Å². The molecule has 0 aliphatic carbocycles. The Morgan fingerprint density at radius 3 is 2.86 bits per heavy atom. The van der Waals surface area contributed by atoms with Gasteiger partial charge in [-0.15, -0.1) is 0 Å². The molecule has 1 aromatic carbocycles. The zero-order chi connectivity index (χ0) is 15.2. The maximum Gasteiger partial charge on any atom is 0.231 e. The normalized spacial score (nSPS) is 12.6. The van der Waals surface area contributed by atoms with E-state index in [0.29, 0.717) is 19.8 Å². The Morgan fingerprint density at radius 1 is 1.09 bits per heavy atom. The van der Waals surface area contributed by atoms with E-state index in [1.807, 2.05) is 31.2 Å².